The lowest BCUT2D eigenvalue weighted by atomic mass is 9.88. The molecule has 0 spiro atoms. The van der Waals surface area contributed by atoms with Gasteiger partial charge in [0.1, 0.15) is 5.52 Å². The number of nitrogens with zero attached hydrogens (tertiary/aromatic N) is 3. The summed E-state index contributed by atoms with van der Waals surface area (Å²) < 4.78 is 1.82. The third-order valence-electron chi connectivity index (χ3n) is 2.41. The van der Waals surface area contributed by atoms with E-state index in [1.807, 2.05) is 17.8 Å². The van der Waals surface area contributed by atoms with E-state index in [-0.39, 0.29) is 0 Å². The number of fused-ring (bicyclic) bond motifs is 1. The van der Waals surface area contributed by atoms with E-state index in [2.05, 4.69) is 43.2 Å². The molecule has 1 heterocycles. The van der Waals surface area contributed by atoms with Gasteiger partial charge in [0, 0.05) is 7.05 Å². The molecule has 0 amide bonds. The molecule has 0 saturated heterocycles. The largest absolute Gasteiger partial charge is 0.248 e. The van der Waals surface area contributed by atoms with Gasteiger partial charge in [-0.05, 0) is 29.5 Å². The molecule has 3 heteroatoms. The maximum absolute atomic E-state index is 4.07. The zero-order chi connectivity index (χ0) is 11.1. The van der Waals surface area contributed by atoms with Crippen molar-refractivity contribution >= 4 is 11.0 Å². The third kappa shape index (κ3) is 2.17. The maximum atomic E-state index is 4.07. The Bertz CT molecular complexity index is 477. The van der Waals surface area contributed by atoms with Gasteiger partial charge in [-0.15, -0.1) is 5.10 Å². The minimum absolute atomic E-state index is 0.319. The highest BCUT2D eigenvalue weighted by Crippen LogP contribution is 2.22. The fourth-order valence-corrected chi connectivity index (χ4v) is 1.80. The van der Waals surface area contributed by atoms with Gasteiger partial charge < -0.3 is 0 Å². The highest BCUT2D eigenvalue weighted by atomic mass is 15.4. The molecule has 2 rings (SSSR count). The fraction of sp³-hybridized carbons (Fsp3) is 0.500. The highest BCUT2D eigenvalue weighted by molar-refractivity contribution is 5.74. The van der Waals surface area contributed by atoms with E-state index in [4.69, 9.17) is 0 Å². The molecule has 0 unspecified atom stereocenters. The molecule has 0 fully saturated rings. The number of hydrogen-bond donors (Lipinski definition) is 0. The van der Waals surface area contributed by atoms with Gasteiger partial charge in [0.05, 0.1) is 5.52 Å². The fourth-order valence-electron chi connectivity index (χ4n) is 1.80. The van der Waals surface area contributed by atoms with Crippen LogP contribution in [-0.4, -0.2) is 15.0 Å². The molecular weight excluding hydrogens is 186 g/mol. The molecule has 2 aromatic rings. The predicted octanol–water partition coefficient (Wildman–Crippen LogP) is 2.56. The second-order valence-corrected chi connectivity index (χ2v) is 5.27. The van der Waals surface area contributed by atoms with Crippen molar-refractivity contribution in [2.24, 2.45) is 12.5 Å². The first-order chi connectivity index (χ1) is 6.96. The van der Waals surface area contributed by atoms with Crippen molar-refractivity contribution in [3.63, 3.8) is 0 Å². The van der Waals surface area contributed by atoms with Crippen molar-refractivity contribution in [2.45, 2.75) is 27.2 Å². The molecular formula is C12H17N3. The van der Waals surface area contributed by atoms with E-state index in [0.29, 0.717) is 5.41 Å². The van der Waals surface area contributed by atoms with Crippen LogP contribution in [0.1, 0.15) is 26.3 Å². The molecule has 0 aliphatic carbocycles. The van der Waals surface area contributed by atoms with Crippen LogP contribution in [0.2, 0.25) is 0 Å². The van der Waals surface area contributed by atoms with Crippen LogP contribution >= 0.6 is 0 Å². The predicted molar refractivity (Wildman–Crippen MR) is 61.7 cm³/mol. The quantitative estimate of drug-likeness (QED) is 0.713. The smallest absolute Gasteiger partial charge is 0.113 e. The number of aromatic nitrogens is 3. The first-order valence-electron chi connectivity index (χ1n) is 5.24. The SMILES string of the molecule is Cn1nnc2ccc(CC(C)(C)C)cc21. The van der Waals surface area contributed by atoms with Crippen LogP contribution in [0.25, 0.3) is 11.0 Å². The zero-order valence-electron chi connectivity index (χ0n) is 9.78. The molecule has 0 bridgehead atoms. The number of benzene rings is 1. The van der Waals surface area contributed by atoms with Crippen LogP contribution in [0.15, 0.2) is 18.2 Å². The lowest BCUT2D eigenvalue weighted by molar-refractivity contribution is 0.411. The number of aryl methyl sites for hydroxylation is 1. The first-order valence-corrected chi connectivity index (χ1v) is 5.24. The Morgan fingerprint density at radius 3 is 2.67 bits per heavy atom. The molecule has 0 N–H and O–H groups in total. The van der Waals surface area contributed by atoms with E-state index in [1.165, 1.54) is 5.56 Å². The van der Waals surface area contributed by atoms with Crippen LogP contribution in [0.5, 0.6) is 0 Å². The van der Waals surface area contributed by atoms with Crippen molar-refractivity contribution in [2.75, 3.05) is 0 Å². The summed E-state index contributed by atoms with van der Waals surface area (Å²) in [5.74, 6) is 0. The Kier molecular flexibility index (Phi) is 2.25. The van der Waals surface area contributed by atoms with Crippen LogP contribution < -0.4 is 0 Å². The summed E-state index contributed by atoms with van der Waals surface area (Å²) in [6.07, 6.45) is 1.08. The molecule has 1 aromatic carbocycles. The maximum Gasteiger partial charge on any atom is 0.113 e. The van der Waals surface area contributed by atoms with Crippen molar-refractivity contribution in [1.29, 1.82) is 0 Å². The first kappa shape index (κ1) is 10.1. The van der Waals surface area contributed by atoms with Gasteiger partial charge in [0.25, 0.3) is 0 Å². The summed E-state index contributed by atoms with van der Waals surface area (Å²) in [7, 11) is 1.93. The second-order valence-electron chi connectivity index (χ2n) is 5.27. The zero-order valence-corrected chi connectivity index (χ0v) is 9.78. The molecule has 3 nitrogen and oxygen atoms in total. The van der Waals surface area contributed by atoms with Gasteiger partial charge in [-0.2, -0.15) is 0 Å². The summed E-state index contributed by atoms with van der Waals surface area (Å²) in [6, 6.07) is 6.37. The minimum atomic E-state index is 0.319. The summed E-state index contributed by atoms with van der Waals surface area (Å²) in [5.41, 5.74) is 3.74. The van der Waals surface area contributed by atoms with Crippen molar-refractivity contribution in [3.05, 3.63) is 23.8 Å². The summed E-state index contributed by atoms with van der Waals surface area (Å²) in [4.78, 5) is 0. The number of rotatable bonds is 1. The van der Waals surface area contributed by atoms with E-state index >= 15 is 0 Å². The molecule has 0 aliphatic heterocycles. The van der Waals surface area contributed by atoms with Crippen LogP contribution in [0.4, 0.5) is 0 Å². The Hall–Kier alpha value is -1.38. The van der Waals surface area contributed by atoms with E-state index < -0.39 is 0 Å². The lowest BCUT2D eigenvalue weighted by Crippen LogP contribution is -2.09. The number of hydrogen-bond acceptors (Lipinski definition) is 2. The van der Waals surface area contributed by atoms with Gasteiger partial charge >= 0.3 is 0 Å². The van der Waals surface area contributed by atoms with Gasteiger partial charge in [-0.3, -0.25) is 0 Å². The van der Waals surface area contributed by atoms with Crippen LogP contribution in [0.3, 0.4) is 0 Å². The average Bonchev–Trinajstić information content (AvgIpc) is 2.45. The molecule has 0 saturated carbocycles. The Balaban J connectivity index is 2.42. The standard InChI is InChI=1S/C12H17N3/c1-12(2,3)8-9-5-6-10-11(7-9)15(4)14-13-10/h5-7H,8H2,1-4H3. The van der Waals surface area contributed by atoms with Gasteiger partial charge in [-0.1, -0.05) is 32.1 Å². The molecule has 0 atom stereocenters. The van der Waals surface area contributed by atoms with Crippen molar-refractivity contribution in [1.82, 2.24) is 15.0 Å². The molecule has 1 aromatic heterocycles. The minimum Gasteiger partial charge on any atom is -0.248 e. The third-order valence-corrected chi connectivity index (χ3v) is 2.41. The van der Waals surface area contributed by atoms with Gasteiger partial charge in [0.2, 0.25) is 0 Å². The Morgan fingerprint density at radius 2 is 2.00 bits per heavy atom. The topological polar surface area (TPSA) is 30.7 Å². The molecule has 80 valence electrons. The van der Waals surface area contributed by atoms with Crippen LogP contribution in [0, 0.1) is 5.41 Å². The van der Waals surface area contributed by atoms with E-state index in [1.54, 1.807) is 0 Å². The Morgan fingerprint density at radius 1 is 1.27 bits per heavy atom. The summed E-state index contributed by atoms with van der Waals surface area (Å²) >= 11 is 0. The molecule has 0 aliphatic rings. The summed E-state index contributed by atoms with van der Waals surface area (Å²) in [6.45, 7) is 6.75. The van der Waals surface area contributed by atoms with Crippen LogP contribution in [-0.2, 0) is 13.5 Å². The van der Waals surface area contributed by atoms with E-state index in [0.717, 1.165) is 17.5 Å². The molecule has 15 heavy (non-hydrogen) atoms. The Labute approximate surface area is 90.1 Å². The monoisotopic (exact) mass is 203 g/mol. The average molecular weight is 203 g/mol. The van der Waals surface area contributed by atoms with Gasteiger partial charge in [0.15, 0.2) is 0 Å². The second kappa shape index (κ2) is 3.33. The van der Waals surface area contributed by atoms with Crippen molar-refractivity contribution < 1.29 is 0 Å². The summed E-state index contributed by atoms with van der Waals surface area (Å²) in [5, 5.41) is 8.07. The van der Waals surface area contributed by atoms with Gasteiger partial charge in [-0.25, -0.2) is 4.68 Å². The lowest BCUT2D eigenvalue weighted by Gasteiger charge is -2.17. The molecule has 0 radical (unpaired) electrons. The van der Waals surface area contributed by atoms with Crippen molar-refractivity contribution in [3.8, 4) is 0 Å². The highest BCUT2D eigenvalue weighted by Gasteiger charge is 2.12. The normalized spacial score (nSPS) is 12.3. The van der Waals surface area contributed by atoms with E-state index in [9.17, 15) is 0 Å².